The molecule has 0 aliphatic carbocycles. The van der Waals surface area contributed by atoms with Crippen molar-refractivity contribution >= 4 is 43.4 Å². The lowest BCUT2D eigenvalue weighted by Gasteiger charge is -2.12. The van der Waals surface area contributed by atoms with Gasteiger partial charge in [-0.15, -0.1) is 0 Å². The van der Waals surface area contributed by atoms with Crippen LogP contribution in [-0.2, 0) is 0 Å². The number of aryl methyl sites for hydroxylation is 1. The normalized spacial score (nSPS) is 10.4. The van der Waals surface area contributed by atoms with Gasteiger partial charge < -0.3 is 5.32 Å². The number of anilines is 2. The highest BCUT2D eigenvalue weighted by Crippen LogP contribution is 2.28. The zero-order valence-corrected chi connectivity index (χ0v) is 12.8. The number of hydrogen-bond acceptors (Lipinski definition) is 2. The van der Waals surface area contributed by atoms with Crippen LogP contribution in [-0.4, -0.2) is 4.98 Å². The molecule has 0 atom stereocenters. The summed E-state index contributed by atoms with van der Waals surface area (Å²) < 4.78 is 1.89. The smallest absolute Gasteiger partial charge is 0.144 e. The molecule has 17 heavy (non-hydrogen) atoms. The topological polar surface area (TPSA) is 24.9 Å². The fourth-order valence-corrected chi connectivity index (χ4v) is 2.61. The highest BCUT2D eigenvalue weighted by molar-refractivity contribution is 9.11. The molecule has 0 saturated heterocycles. The third kappa shape index (κ3) is 2.87. The maximum absolute atomic E-state index is 4.34. The van der Waals surface area contributed by atoms with Crippen LogP contribution in [0.2, 0.25) is 0 Å². The van der Waals surface area contributed by atoms with E-state index in [1.807, 2.05) is 12.1 Å². The van der Waals surface area contributed by atoms with Gasteiger partial charge in [0.05, 0.1) is 4.47 Å². The number of hydrogen-bond donors (Lipinski definition) is 1. The first-order valence-electron chi connectivity index (χ1n) is 5.22. The van der Waals surface area contributed by atoms with Crippen molar-refractivity contribution in [3.8, 4) is 0 Å². The molecule has 88 valence electrons. The van der Waals surface area contributed by atoms with Crippen molar-refractivity contribution < 1.29 is 0 Å². The summed E-state index contributed by atoms with van der Waals surface area (Å²) in [6.07, 6.45) is 1.78. The molecule has 0 spiro atoms. The SMILES string of the molecule is Cc1cccc(Nc2ncc(Br)cc2Br)c1C. The van der Waals surface area contributed by atoms with Crippen molar-refractivity contribution in [3.63, 3.8) is 0 Å². The van der Waals surface area contributed by atoms with Crippen molar-refractivity contribution in [2.75, 3.05) is 5.32 Å². The van der Waals surface area contributed by atoms with Gasteiger partial charge in [0.2, 0.25) is 0 Å². The quantitative estimate of drug-likeness (QED) is 0.822. The third-order valence-electron chi connectivity index (χ3n) is 2.67. The minimum Gasteiger partial charge on any atom is -0.339 e. The van der Waals surface area contributed by atoms with Crippen LogP contribution < -0.4 is 5.32 Å². The average Bonchev–Trinajstić information content (AvgIpc) is 2.28. The van der Waals surface area contributed by atoms with Gasteiger partial charge in [0.1, 0.15) is 5.82 Å². The van der Waals surface area contributed by atoms with Crippen LogP contribution >= 0.6 is 31.9 Å². The number of pyridine rings is 1. The van der Waals surface area contributed by atoms with Crippen LogP contribution in [0.3, 0.4) is 0 Å². The Balaban J connectivity index is 2.35. The van der Waals surface area contributed by atoms with Crippen LogP contribution in [0.5, 0.6) is 0 Å². The minimum atomic E-state index is 0.821. The lowest BCUT2D eigenvalue weighted by Crippen LogP contribution is -1.97. The van der Waals surface area contributed by atoms with Crippen LogP contribution in [0.1, 0.15) is 11.1 Å². The molecule has 0 radical (unpaired) electrons. The molecular formula is C13H12Br2N2. The molecule has 0 aliphatic heterocycles. The summed E-state index contributed by atoms with van der Waals surface area (Å²) in [6, 6.07) is 8.17. The molecule has 0 unspecified atom stereocenters. The molecule has 2 rings (SSSR count). The second-order valence-electron chi connectivity index (χ2n) is 3.86. The lowest BCUT2D eigenvalue weighted by atomic mass is 10.1. The Morgan fingerprint density at radius 1 is 1.18 bits per heavy atom. The zero-order valence-electron chi connectivity index (χ0n) is 9.59. The van der Waals surface area contributed by atoms with E-state index in [1.165, 1.54) is 11.1 Å². The monoisotopic (exact) mass is 354 g/mol. The fourth-order valence-electron chi connectivity index (χ4n) is 1.52. The van der Waals surface area contributed by atoms with Gasteiger partial charge in [-0.3, -0.25) is 0 Å². The summed E-state index contributed by atoms with van der Waals surface area (Å²) in [5.74, 6) is 0.821. The van der Waals surface area contributed by atoms with Crippen LogP contribution in [0.15, 0.2) is 39.4 Å². The summed E-state index contributed by atoms with van der Waals surface area (Å²) in [6.45, 7) is 4.20. The van der Waals surface area contributed by atoms with E-state index in [0.29, 0.717) is 0 Å². The van der Waals surface area contributed by atoms with Gasteiger partial charge in [-0.2, -0.15) is 0 Å². The Morgan fingerprint density at radius 3 is 2.65 bits per heavy atom. The number of nitrogens with zero attached hydrogens (tertiary/aromatic N) is 1. The maximum Gasteiger partial charge on any atom is 0.144 e. The number of halogens is 2. The van der Waals surface area contributed by atoms with E-state index < -0.39 is 0 Å². The number of nitrogens with one attached hydrogen (secondary N) is 1. The summed E-state index contributed by atoms with van der Waals surface area (Å²) in [5.41, 5.74) is 3.59. The zero-order chi connectivity index (χ0) is 12.4. The highest BCUT2D eigenvalue weighted by atomic mass is 79.9. The van der Waals surface area contributed by atoms with Gasteiger partial charge >= 0.3 is 0 Å². The molecule has 2 aromatic rings. The summed E-state index contributed by atoms with van der Waals surface area (Å²) in [7, 11) is 0. The Morgan fingerprint density at radius 2 is 1.94 bits per heavy atom. The molecule has 4 heteroatoms. The second-order valence-corrected chi connectivity index (χ2v) is 5.63. The lowest BCUT2D eigenvalue weighted by molar-refractivity contribution is 1.25. The first kappa shape index (κ1) is 12.6. The molecule has 0 saturated carbocycles. The molecule has 0 bridgehead atoms. The molecule has 1 aromatic carbocycles. The molecular weight excluding hydrogens is 344 g/mol. The summed E-state index contributed by atoms with van der Waals surface area (Å²) >= 11 is 6.88. The predicted octanol–water partition coefficient (Wildman–Crippen LogP) is 4.97. The molecule has 0 fully saturated rings. The second kappa shape index (κ2) is 5.19. The Bertz CT molecular complexity index is 553. The van der Waals surface area contributed by atoms with E-state index in [1.54, 1.807) is 6.20 Å². The summed E-state index contributed by atoms with van der Waals surface area (Å²) in [4.78, 5) is 4.34. The van der Waals surface area contributed by atoms with Gasteiger partial charge in [-0.1, -0.05) is 12.1 Å². The maximum atomic E-state index is 4.34. The molecule has 1 N–H and O–H groups in total. The van der Waals surface area contributed by atoms with Gasteiger partial charge in [0, 0.05) is 16.4 Å². The molecule has 2 nitrogen and oxygen atoms in total. The van der Waals surface area contributed by atoms with E-state index in [-0.39, 0.29) is 0 Å². The van der Waals surface area contributed by atoms with Crippen molar-refractivity contribution in [2.24, 2.45) is 0 Å². The molecule has 0 aliphatic rings. The fraction of sp³-hybridized carbons (Fsp3) is 0.154. The van der Waals surface area contributed by atoms with Crippen LogP contribution in [0, 0.1) is 13.8 Å². The van der Waals surface area contributed by atoms with E-state index in [2.05, 4.69) is 68.1 Å². The number of aromatic nitrogens is 1. The Hall–Kier alpha value is -0.870. The average molecular weight is 356 g/mol. The van der Waals surface area contributed by atoms with E-state index in [4.69, 9.17) is 0 Å². The molecule has 1 aromatic heterocycles. The molecule has 1 heterocycles. The minimum absolute atomic E-state index is 0.821. The molecule has 0 amide bonds. The van der Waals surface area contributed by atoms with Gasteiger partial charge in [-0.25, -0.2) is 4.98 Å². The highest BCUT2D eigenvalue weighted by Gasteiger charge is 2.05. The van der Waals surface area contributed by atoms with Crippen LogP contribution in [0.4, 0.5) is 11.5 Å². The van der Waals surface area contributed by atoms with Gasteiger partial charge in [-0.05, 0) is 69.0 Å². The van der Waals surface area contributed by atoms with E-state index >= 15 is 0 Å². The van der Waals surface area contributed by atoms with Crippen molar-refractivity contribution in [1.29, 1.82) is 0 Å². The van der Waals surface area contributed by atoms with Crippen molar-refractivity contribution in [3.05, 3.63) is 50.5 Å². The third-order valence-corrected chi connectivity index (χ3v) is 3.70. The first-order valence-corrected chi connectivity index (χ1v) is 6.81. The van der Waals surface area contributed by atoms with Crippen molar-refractivity contribution in [2.45, 2.75) is 13.8 Å². The van der Waals surface area contributed by atoms with E-state index in [0.717, 1.165) is 20.5 Å². The summed E-state index contributed by atoms with van der Waals surface area (Å²) in [5, 5.41) is 3.33. The Labute approximate surface area is 118 Å². The number of rotatable bonds is 2. The van der Waals surface area contributed by atoms with E-state index in [9.17, 15) is 0 Å². The van der Waals surface area contributed by atoms with Gasteiger partial charge in [0.25, 0.3) is 0 Å². The largest absolute Gasteiger partial charge is 0.339 e. The predicted molar refractivity (Wildman–Crippen MR) is 78.8 cm³/mol. The van der Waals surface area contributed by atoms with Gasteiger partial charge in [0.15, 0.2) is 0 Å². The van der Waals surface area contributed by atoms with Crippen molar-refractivity contribution in [1.82, 2.24) is 4.98 Å². The Kier molecular flexibility index (Phi) is 3.84. The first-order chi connectivity index (χ1) is 8.08. The standard InChI is InChI=1S/C13H12Br2N2/c1-8-4-3-5-12(9(8)2)17-13-11(15)6-10(14)7-16-13/h3-7H,1-2H3,(H,16,17). The number of benzene rings is 1. The van der Waals surface area contributed by atoms with Crippen LogP contribution in [0.25, 0.3) is 0 Å².